The summed E-state index contributed by atoms with van der Waals surface area (Å²) in [5.41, 5.74) is 0.990. The van der Waals surface area contributed by atoms with E-state index in [1.165, 1.54) is 16.7 Å². The molecule has 5 nitrogen and oxygen atoms in total. The molecule has 0 atom stereocenters. The van der Waals surface area contributed by atoms with Gasteiger partial charge in [-0.25, -0.2) is 12.7 Å². The maximum Gasteiger partial charge on any atom is 0.229 e. The van der Waals surface area contributed by atoms with Crippen LogP contribution in [0.2, 0.25) is 5.02 Å². The summed E-state index contributed by atoms with van der Waals surface area (Å²) in [6.45, 7) is 0. The van der Waals surface area contributed by atoms with Gasteiger partial charge in [-0.2, -0.15) is 4.73 Å². The third-order valence-corrected chi connectivity index (χ3v) is 4.26. The van der Waals surface area contributed by atoms with Crippen molar-refractivity contribution >= 4 is 44.6 Å². The second kappa shape index (κ2) is 5.82. The van der Waals surface area contributed by atoms with Gasteiger partial charge >= 0.3 is 0 Å². The minimum absolute atomic E-state index is 0.495. The zero-order valence-electron chi connectivity index (χ0n) is 11.2. The predicted octanol–water partition coefficient (Wildman–Crippen LogP) is 2.79. The Hall–Kier alpha value is -2.31. The summed E-state index contributed by atoms with van der Waals surface area (Å²) >= 11 is 5.83. The average molecular weight is 335 g/mol. The number of hydrogen-bond donors (Lipinski definition) is 1. The van der Waals surface area contributed by atoms with Crippen molar-refractivity contribution in [2.24, 2.45) is 0 Å². The molecule has 0 fully saturated rings. The van der Waals surface area contributed by atoms with Crippen molar-refractivity contribution in [2.45, 2.75) is 0 Å². The van der Waals surface area contributed by atoms with Crippen molar-refractivity contribution in [3.63, 3.8) is 0 Å². The maximum absolute atomic E-state index is 11.7. The first-order chi connectivity index (χ1) is 10.5. The highest BCUT2D eigenvalue weighted by atomic mass is 35.5. The molecule has 0 unspecified atom stereocenters. The fraction of sp³-hybridized carbons (Fsp3) is 0. The summed E-state index contributed by atoms with van der Waals surface area (Å²) in [7, 11) is -2.86. The Morgan fingerprint density at radius 2 is 1.64 bits per heavy atom. The Labute approximate surface area is 133 Å². The second-order valence-electron chi connectivity index (χ2n) is 4.64. The van der Waals surface area contributed by atoms with Crippen LogP contribution in [0.3, 0.4) is 0 Å². The fourth-order valence-electron chi connectivity index (χ4n) is 2.21. The van der Waals surface area contributed by atoms with Gasteiger partial charge in [0.1, 0.15) is 0 Å². The zero-order chi connectivity index (χ0) is 15.7. The van der Waals surface area contributed by atoms with E-state index in [4.69, 9.17) is 11.6 Å². The van der Waals surface area contributed by atoms with Crippen molar-refractivity contribution in [1.29, 1.82) is 0 Å². The van der Waals surface area contributed by atoms with E-state index in [0.717, 1.165) is 10.8 Å². The Morgan fingerprint density at radius 1 is 0.955 bits per heavy atom. The number of hydrogen-bond acceptors (Lipinski definition) is 3. The molecule has 0 radical (unpaired) electrons. The quantitative estimate of drug-likeness (QED) is 0.455. The summed E-state index contributed by atoms with van der Waals surface area (Å²) in [6, 6.07) is 13.2. The molecule has 3 rings (SSSR count). The van der Waals surface area contributed by atoms with Crippen molar-refractivity contribution in [3.8, 4) is 0 Å². The number of pyridine rings is 1. The van der Waals surface area contributed by atoms with E-state index in [0.29, 0.717) is 21.1 Å². The molecule has 0 N–H and O–H groups in total. The molecule has 0 saturated carbocycles. The number of nitrogens with zero attached hydrogens (tertiary/aromatic N) is 2. The van der Waals surface area contributed by atoms with E-state index in [1.807, 2.05) is 0 Å². The van der Waals surface area contributed by atoms with Gasteiger partial charge in [0, 0.05) is 16.5 Å². The Balaban J connectivity index is 2.12. The molecule has 22 heavy (non-hydrogen) atoms. The van der Waals surface area contributed by atoms with Gasteiger partial charge in [-0.15, -0.1) is 0 Å². The standard InChI is InChI=1S/C15H11ClN2O3S/c16-13-2-5-14(6-3-13)18(22(20)21)15-4-1-12-10-17(19)8-7-11(12)9-15/h1-10,22H. The van der Waals surface area contributed by atoms with Gasteiger partial charge in [-0.05, 0) is 47.9 Å². The molecule has 3 aromatic rings. The van der Waals surface area contributed by atoms with Gasteiger partial charge in [0.25, 0.3) is 0 Å². The van der Waals surface area contributed by atoms with Gasteiger partial charge in [0.05, 0.1) is 11.4 Å². The topological polar surface area (TPSA) is 64.3 Å². The normalized spacial score (nSPS) is 11.0. The number of halogens is 1. The number of aromatic nitrogens is 1. The molecule has 1 heterocycles. The van der Waals surface area contributed by atoms with E-state index >= 15 is 0 Å². The van der Waals surface area contributed by atoms with Crippen LogP contribution >= 0.6 is 11.6 Å². The molecule has 0 amide bonds. The minimum Gasteiger partial charge on any atom is -0.619 e. The Morgan fingerprint density at radius 3 is 2.32 bits per heavy atom. The Kier molecular flexibility index (Phi) is 3.87. The summed E-state index contributed by atoms with van der Waals surface area (Å²) in [5, 5.41) is 13.3. The Bertz CT molecular complexity index is 902. The summed E-state index contributed by atoms with van der Waals surface area (Å²) < 4.78 is 25.2. The lowest BCUT2D eigenvalue weighted by Gasteiger charge is -2.18. The highest BCUT2D eigenvalue weighted by Gasteiger charge is 2.12. The van der Waals surface area contributed by atoms with E-state index in [1.54, 1.807) is 48.5 Å². The van der Waals surface area contributed by atoms with E-state index in [-0.39, 0.29) is 0 Å². The molecule has 7 heteroatoms. The van der Waals surface area contributed by atoms with E-state index < -0.39 is 10.9 Å². The van der Waals surface area contributed by atoms with Gasteiger partial charge < -0.3 is 5.21 Å². The molecule has 2 aromatic carbocycles. The summed E-state index contributed by atoms with van der Waals surface area (Å²) in [4.78, 5) is 0. The molecule has 0 saturated heterocycles. The summed E-state index contributed by atoms with van der Waals surface area (Å²) in [5.74, 6) is 0. The first-order valence-corrected chi connectivity index (χ1v) is 7.88. The monoisotopic (exact) mass is 334 g/mol. The van der Waals surface area contributed by atoms with Crippen LogP contribution in [0.1, 0.15) is 0 Å². The first-order valence-electron chi connectivity index (χ1n) is 6.37. The average Bonchev–Trinajstić information content (AvgIpc) is 2.49. The van der Waals surface area contributed by atoms with Gasteiger partial charge in [-0.1, -0.05) is 11.6 Å². The highest BCUT2D eigenvalue weighted by molar-refractivity contribution is 7.74. The lowest BCUT2D eigenvalue weighted by atomic mass is 10.1. The van der Waals surface area contributed by atoms with E-state index in [9.17, 15) is 13.6 Å². The van der Waals surface area contributed by atoms with Crippen LogP contribution in [-0.4, -0.2) is 8.42 Å². The molecule has 0 bridgehead atoms. The van der Waals surface area contributed by atoms with Gasteiger partial charge in [0.2, 0.25) is 10.9 Å². The zero-order valence-corrected chi connectivity index (χ0v) is 12.9. The molecule has 112 valence electrons. The number of anilines is 2. The third-order valence-electron chi connectivity index (χ3n) is 3.22. The van der Waals surface area contributed by atoms with Crippen LogP contribution in [0.4, 0.5) is 11.4 Å². The van der Waals surface area contributed by atoms with Crippen molar-refractivity contribution in [2.75, 3.05) is 4.31 Å². The first kappa shape index (κ1) is 14.6. The molecule has 0 aliphatic rings. The largest absolute Gasteiger partial charge is 0.619 e. The van der Waals surface area contributed by atoms with Crippen LogP contribution in [0, 0.1) is 5.21 Å². The van der Waals surface area contributed by atoms with Crippen LogP contribution in [0.15, 0.2) is 60.9 Å². The number of benzene rings is 2. The van der Waals surface area contributed by atoms with Crippen LogP contribution < -0.4 is 9.04 Å². The number of thiol groups is 1. The van der Waals surface area contributed by atoms with Gasteiger partial charge in [-0.3, -0.25) is 0 Å². The SMILES string of the molecule is O=[SH](=O)N(c1ccc(Cl)cc1)c1ccc2c[n+]([O-])ccc2c1. The molecule has 0 aliphatic heterocycles. The molecular formula is C15H11ClN2O3S. The number of fused-ring (bicyclic) bond motifs is 1. The third kappa shape index (κ3) is 2.84. The molecule has 0 aliphatic carbocycles. The van der Waals surface area contributed by atoms with E-state index in [2.05, 4.69) is 0 Å². The maximum atomic E-state index is 11.7. The van der Waals surface area contributed by atoms with Crippen LogP contribution in [0.25, 0.3) is 10.8 Å². The smallest absolute Gasteiger partial charge is 0.229 e. The van der Waals surface area contributed by atoms with Crippen molar-refractivity contribution in [3.05, 3.63) is 71.2 Å². The van der Waals surface area contributed by atoms with Crippen LogP contribution in [0.5, 0.6) is 0 Å². The number of rotatable bonds is 3. The minimum atomic E-state index is -2.86. The highest BCUT2D eigenvalue weighted by Crippen LogP contribution is 2.29. The predicted molar refractivity (Wildman–Crippen MR) is 86.8 cm³/mol. The van der Waals surface area contributed by atoms with Crippen molar-refractivity contribution < 1.29 is 13.1 Å². The van der Waals surface area contributed by atoms with Gasteiger partial charge in [0.15, 0.2) is 12.4 Å². The molecule has 0 spiro atoms. The van der Waals surface area contributed by atoms with Crippen LogP contribution in [-0.2, 0) is 10.9 Å². The molecular weight excluding hydrogens is 324 g/mol. The lowest BCUT2D eigenvalue weighted by Crippen LogP contribution is -2.23. The fourth-order valence-corrected chi connectivity index (χ4v) is 2.97. The summed E-state index contributed by atoms with van der Waals surface area (Å²) in [6.07, 6.45) is 2.80. The molecule has 1 aromatic heterocycles. The lowest BCUT2D eigenvalue weighted by molar-refractivity contribution is -0.603. The second-order valence-corrected chi connectivity index (χ2v) is 5.96. The van der Waals surface area contributed by atoms with Crippen molar-refractivity contribution in [1.82, 2.24) is 0 Å².